The third-order valence-electron chi connectivity index (χ3n) is 1.21. The lowest BCUT2D eigenvalue weighted by atomic mass is 10.2. The van der Waals surface area contributed by atoms with Crippen LogP contribution in [0.4, 0.5) is 0 Å². The molecule has 0 aliphatic rings. The first-order valence-corrected chi connectivity index (χ1v) is 7.49. The maximum Gasteiger partial charge on any atom is 0.184 e. The maximum absolute atomic E-state index is 8.28. The lowest BCUT2D eigenvalue weighted by Crippen LogP contribution is -2.33. The van der Waals surface area contributed by atoms with Crippen LogP contribution in [-0.2, 0) is 4.43 Å². The summed E-state index contributed by atoms with van der Waals surface area (Å²) in [6, 6.07) is 0. The van der Waals surface area contributed by atoms with Gasteiger partial charge in [0.25, 0.3) is 0 Å². The van der Waals surface area contributed by atoms with Gasteiger partial charge in [-0.3, -0.25) is 0 Å². The molecule has 0 aromatic rings. The number of nitrogens with zero attached hydrogens (tertiary/aromatic N) is 3. The van der Waals surface area contributed by atoms with Gasteiger partial charge in [-0.05, 0) is 31.1 Å². The second-order valence-corrected chi connectivity index (χ2v) is 8.53. The van der Waals surface area contributed by atoms with Crippen molar-refractivity contribution in [3.63, 3.8) is 0 Å². The van der Waals surface area contributed by atoms with E-state index in [4.69, 9.17) is 9.96 Å². The predicted octanol–water partition coefficient (Wildman–Crippen LogP) is 3.13. The van der Waals surface area contributed by atoms with Gasteiger partial charge in [-0.2, -0.15) is 0 Å². The van der Waals surface area contributed by atoms with Gasteiger partial charge in [-0.25, -0.2) is 0 Å². The van der Waals surface area contributed by atoms with Crippen LogP contribution in [-0.4, -0.2) is 14.5 Å². The van der Waals surface area contributed by atoms with Gasteiger partial charge in [0.1, 0.15) is 6.23 Å². The zero-order chi connectivity index (χ0) is 9.78. The molecule has 0 saturated carbocycles. The zero-order valence-electron chi connectivity index (χ0n) is 8.40. The van der Waals surface area contributed by atoms with Gasteiger partial charge < -0.3 is 4.43 Å². The van der Waals surface area contributed by atoms with Gasteiger partial charge >= 0.3 is 0 Å². The molecule has 0 aromatic carbocycles. The highest BCUT2D eigenvalue weighted by Gasteiger charge is 2.22. The fraction of sp³-hybridized carbons (Fsp3) is 1.00. The molecule has 1 atom stereocenters. The first-order chi connectivity index (χ1) is 5.37. The highest BCUT2D eigenvalue weighted by Crippen LogP contribution is 2.15. The van der Waals surface area contributed by atoms with Crippen LogP contribution in [0.2, 0.25) is 19.6 Å². The molecular formula is C7H17N3OSi. The van der Waals surface area contributed by atoms with Crippen LogP contribution >= 0.6 is 0 Å². The Balaban J connectivity index is 4.24. The predicted molar refractivity (Wildman–Crippen MR) is 52.2 cm³/mol. The Morgan fingerprint density at radius 1 is 1.33 bits per heavy atom. The van der Waals surface area contributed by atoms with Crippen molar-refractivity contribution in [2.45, 2.75) is 39.7 Å². The zero-order valence-corrected chi connectivity index (χ0v) is 9.40. The van der Waals surface area contributed by atoms with E-state index in [1.807, 2.05) is 13.8 Å². The van der Waals surface area contributed by atoms with Gasteiger partial charge in [-0.1, -0.05) is 19.0 Å². The minimum absolute atomic E-state index is 0.243. The van der Waals surface area contributed by atoms with Crippen molar-refractivity contribution >= 4 is 8.32 Å². The Kier molecular flexibility index (Phi) is 4.30. The van der Waals surface area contributed by atoms with Gasteiger partial charge in [0.2, 0.25) is 0 Å². The van der Waals surface area contributed by atoms with Gasteiger partial charge in [-0.15, -0.1) is 0 Å². The Bertz CT molecular complexity index is 182. The number of hydrogen-bond donors (Lipinski definition) is 0. The van der Waals surface area contributed by atoms with Gasteiger partial charge in [0.05, 0.1) is 0 Å². The van der Waals surface area contributed by atoms with Crippen molar-refractivity contribution in [2.75, 3.05) is 0 Å². The van der Waals surface area contributed by atoms with Crippen LogP contribution in [0.15, 0.2) is 5.11 Å². The summed E-state index contributed by atoms with van der Waals surface area (Å²) in [5, 5.41) is 3.60. The molecule has 0 bridgehead atoms. The van der Waals surface area contributed by atoms with Crippen LogP contribution in [0.25, 0.3) is 10.4 Å². The molecule has 0 heterocycles. The fourth-order valence-corrected chi connectivity index (χ4v) is 1.75. The molecule has 1 unspecified atom stereocenters. The molecule has 0 rings (SSSR count). The van der Waals surface area contributed by atoms with E-state index in [2.05, 4.69) is 29.7 Å². The SMILES string of the molecule is CC(C)C(N=[N+]=[N-])O[Si](C)(C)C. The van der Waals surface area contributed by atoms with E-state index in [1.165, 1.54) is 0 Å². The summed E-state index contributed by atoms with van der Waals surface area (Å²) in [4.78, 5) is 2.76. The first kappa shape index (κ1) is 11.5. The van der Waals surface area contributed by atoms with E-state index in [0.29, 0.717) is 0 Å². The van der Waals surface area contributed by atoms with Crippen LogP contribution < -0.4 is 0 Å². The van der Waals surface area contributed by atoms with Crippen molar-refractivity contribution < 1.29 is 4.43 Å². The monoisotopic (exact) mass is 187 g/mol. The number of azide groups is 1. The van der Waals surface area contributed by atoms with Crippen LogP contribution in [0.3, 0.4) is 0 Å². The number of rotatable bonds is 4. The average Bonchev–Trinajstić information content (AvgIpc) is 1.83. The largest absolute Gasteiger partial charge is 0.408 e. The van der Waals surface area contributed by atoms with E-state index >= 15 is 0 Å². The summed E-state index contributed by atoms with van der Waals surface area (Å²) in [5.41, 5.74) is 8.28. The second kappa shape index (κ2) is 4.50. The molecule has 0 radical (unpaired) electrons. The van der Waals surface area contributed by atoms with Gasteiger partial charge in [0, 0.05) is 4.91 Å². The average molecular weight is 187 g/mol. The van der Waals surface area contributed by atoms with Crippen molar-refractivity contribution in [1.82, 2.24) is 0 Å². The highest BCUT2D eigenvalue weighted by atomic mass is 28.4. The van der Waals surface area contributed by atoms with Crippen LogP contribution in [0, 0.1) is 5.92 Å². The highest BCUT2D eigenvalue weighted by molar-refractivity contribution is 6.69. The minimum Gasteiger partial charge on any atom is -0.408 e. The van der Waals surface area contributed by atoms with Crippen molar-refractivity contribution in [1.29, 1.82) is 0 Å². The topological polar surface area (TPSA) is 58.0 Å². The molecular weight excluding hydrogens is 170 g/mol. The lowest BCUT2D eigenvalue weighted by molar-refractivity contribution is 0.151. The summed E-state index contributed by atoms with van der Waals surface area (Å²) in [5.74, 6) is 0.243. The summed E-state index contributed by atoms with van der Waals surface area (Å²) in [6.07, 6.45) is -0.304. The van der Waals surface area contributed by atoms with Crippen molar-refractivity contribution in [3.8, 4) is 0 Å². The molecule has 0 aromatic heterocycles. The molecule has 0 spiro atoms. The van der Waals surface area contributed by atoms with E-state index in [9.17, 15) is 0 Å². The smallest absolute Gasteiger partial charge is 0.184 e. The van der Waals surface area contributed by atoms with Gasteiger partial charge in [0.15, 0.2) is 8.32 Å². The Morgan fingerprint density at radius 3 is 2.08 bits per heavy atom. The minimum atomic E-state index is -1.59. The first-order valence-electron chi connectivity index (χ1n) is 4.09. The molecule has 0 amide bonds. The number of hydrogen-bond acceptors (Lipinski definition) is 2. The molecule has 12 heavy (non-hydrogen) atoms. The van der Waals surface area contributed by atoms with Crippen LogP contribution in [0.5, 0.6) is 0 Å². The molecule has 4 nitrogen and oxygen atoms in total. The molecule has 0 fully saturated rings. The molecule has 0 N–H and O–H groups in total. The second-order valence-electron chi connectivity index (χ2n) is 4.07. The van der Waals surface area contributed by atoms with Crippen molar-refractivity contribution in [3.05, 3.63) is 10.4 Å². The fourth-order valence-electron chi connectivity index (χ4n) is 0.706. The third-order valence-corrected chi connectivity index (χ3v) is 2.16. The maximum atomic E-state index is 8.28. The van der Waals surface area contributed by atoms with E-state index in [0.717, 1.165) is 0 Å². The molecule has 0 aliphatic carbocycles. The van der Waals surface area contributed by atoms with Crippen LogP contribution in [0.1, 0.15) is 13.8 Å². The van der Waals surface area contributed by atoms with Crippen molar-refractivity contribution in [2.24, 2.45) is 11.0 Å². The molecule has 0 aliphatic heterocycles. The van der Waals surface area contributed by atoms with E-state index < -0.39 is 8.32 Å². The normalized spacial score (nSPS) is 14.2. The summed E-state index contributed by atoms with van der Waals surface area (Å²) in [6.45, 7) is 10.2. The summed E-state index contributed by atoms with van der Waals surface area (Å²) >= 11 is 0. The summed E-state index contributed by atoms with van der Waals surface area (Å²) in [7, 11) is -1.59. The Morgan fingerprint density at radius 2 is 1.83 bits per heavy atom. The standard InChI is InChI=1S/C7H17N3OSi/c1-6(2)7(9-10-8)11-12(3,4)5/h6-7H,1-5H3. The molecule has 5 heteroatoms. The summed E-state index contributed by atoms with van der Waals surface area (Å²) < 4.78 is 5.66. The molecule has 70 valence electrons. The Hall–Kier alpha value is -0.513. The van der Waals surface area contributed by atoms with E-state index in [1.54, 1.807) is 0 Å². The molecule has 0 saturated heterocycles. The lowest BCUT2D eigenvalue weighted by Gasteiger charge is -2.25. The Labute approximate surface area is 74.7 Å². The quantitative estimate of drug-likeness (QED) is 0.289. The van der Waals surface area contributed by atoms with E-state index in [-0.39, 0.29) is 12.1 Å². The third kappa shape index (κ3) is 5.18.